The van der Waals surface area contributed by atoms with Crippen LogP contribution in [-0.4, -0.2) is 23.3 Å². The molecule has 2 aromatic rings. The largest absolute Gasteiger partial charge is 0.493 e. The Kier molecular flexibility index (Phi) is 3.59. The van der Waals surface area contributed by atoms with Crippen LogP contribution < -0.4 is 4.74 Å². The summed E-state index contributed by atoms with van der Waals surface area (Å²) in [5, 5.41) is 10.1. The number of aliphatic hydroxyl groups is 1. The first-order valence-corrected chi connectivity index (χ1v) is 5.47. The van der Waals surface area contributed by atoms with Crippen molar-refractivity contribution < 1.29 is 9.84 Å². The van der Waals surface area contributed by atoms with E-state index in [0.29, 0.717) is 18.2 Å². The molecule has 84 valence electrons. The first-order chi connectivity index (χ1) is 7.79. The predicted molar refractivity (Wildman–Crippen MR) is 64.0 cm³/mol. The summed E-state index contributed by atoms with van der Waals surface area (Å²) in [7, 11) is 0. The molecule has 0 unspecified atom stereocenters. The van der Waals surface area contributed by atoms with Gasteiger partial charge in [0.15, 0.2) is 0 Å². The summed E-state index contributed by atoms with van der Waals surface area (Å²) in [5.74, 6) is 0.782. The zero-order valence-electron chi connectivity index (χ0n) is 8.69. The lowest BCUT2D eigenvalue weighted by Crippen LogP contribution is -1.99. The molecule has 1 N–H and O–H groups in total. The highest BCUT2D eigenvalue weighted by molar-refractivity contribution is 6.29. The number of hydrogen-bond acceptors (Lipinski definition) is 3. The van der Waals surface area contributed by atoms with Crippen LogP contribution in [0.1, 0.15) is 6.42 Å². The van der Waals surface area contributed by atoms with Gasteiger partial charge < -0.3 is 9.84 Å². The Balaban J connectivity index is 2.20. The zero-order chi connectivity index (χ0) is 11.4. The predicted octanol–water partition coefficient (Wildman–Crippen LogP) is 2.65. The maximum absolute atomic E-state index is 8.64. The van der Waals surface area contributed by atoms with Gasteiger partial charge in [0.05, 0.1) is 12.1 Å². The molecular weight excluding hydrogens is 226 g/mol. The number of nitrogens with zero attached hydrogens (tertiary/aromatic N) is 1. The number of hydrogen-bond donors (Lipinski definition) is 1. The lowest BCUT2D eigenvalue weighted by Gasteiger charge is -2.06. The van der Waals surface area contributed by atoms with E-state index in [1.807, 2.05) is 24.3 Å². The Morgan fingerprint density at radius 2 is 2.12 bits per heavy atom. The number of fused-ring (bicyclic) bond motifs is 1. The number of rotatable bonds is 4. The van der Waals surface area contributed by atoms with Crippen LogP contribution in [0, 0.1) is 0 Å². The minimum Gasteiger partial charge on any atom is -0.493 e. The van der Waals surface area contributed by atoms with Crippen LogP contribution in [0.4, 0.5) is 0 Å². The molecule has 0 amide bonds. The van der Waals surface area contributed by atoms with Crippen molar-refractivity contribution in [3.8, 4) is 5.75 Å². The molecule has 0 aliphatic rings. The summed E-state index contributed by atoms with van der Waals surface area (Å²) in [6, 6.07) is 9.29. The van der Waals surface area contributed by atoms with Crippen molar-refractivity contribution in [2.24, 2.45) is 0 Å². The summed E-state index contributed by atoms with van der Waals surface area (Å²) in [5.41, 5.74) is 0.849. The van der Waals surface area contributed by atoms with Crippen molar-refractivity contribution >= 4 is 22.5 Å². The number of pyridine rings is 1. The van der Waals surface area contributed by atoms with E-state index in [9.17, 15) is 0 Å². The van der Waals surface area contributed by atoms with Gasteiger partial charge in [-0.15, -0.1) is 0 Å². The molecule has 4 heteroatoms. The van der Waals surface area contributed by atoms with Gasteiger partial charge in [-0.3, -0.25) is 0 Å². The van der Waals surface area contributed by atoms with E-state index >= 15 is 0 Å². The fourth-order valence-electron chi connectivity index (χ4n) is 1.42. The lowest BCUT2D eigenvalue weighted by molar-refractivity contribution is 0.234. The van der Waals surface area contributed by atoms with Gasteiger partial charge in [0.1, 0.15) is 10.9 Å². The Labute approximate surface area is 98.6 Å². The fraction of sp³-hybridized carbons (Fsp3) is 0.250. The quantitative estimate of drug-likeness (QED) is 0.657. The van der Waals surface area contributed by atoms with Crippen molar-refractivity contribution in [1.29, 1.82) is 0 Å². The molecule has 0 saturated heterocycles. The topological polar surface area (TPSA) is 42.4 Å². The van der Waals surface area contributed by atoms with E-state index in [1.54, 1.807) is 6.07 Å². The third-order valence-electron chi connectivity index (χ3n) is 2.20. The van der Waals surface area contributed by atoms with Crippen LogP contribution >= 0.6 is 11.6 Å². The van der Waals surface area contributed by atoms with E-state index < -0.39 is 0 Å². The average molecular weight is 238 g/mol. The molecular formula is C12H12ClNO2. The van der Waals surface area contributed by atoms with E-state index in [0.717, 1.165) is 16.7 Å². The number of aliphatic hydroxyl groups excluding tert-OH is 1. The van der Waals surface area contributed by atoms with Gasteiger partial charge >= 0.3 is 0 Å². The Bertz CT molecular complexity index is 487. The van der Waals surface area contributed by atoms with Crippen LogP contribution in [0.3, 0.4) is 0 Å². The molecule has 2 rings (SSSR count). The van der Waals surface area contributed by atoms with Crippen molar-refractivity contribution in [2.75, 3.05) is 13.2 Å². The monoisotopic (exact) mass is 237 g/mol. The first kappa shape index (κ1) is 11.2. The zero-order valence-corrected chi connectivity index (χ0v) is 9.44. The summed E-state index contributed by atoms with van der Waals surface area (Å²) in [4.78, 5) is 4.18. The smallest absolute Gasteiger partial charge is 0.129 e. The standard InChI is InChI=1S/C12H12ClNO2/c13-12-5-2-9-8-10(16-7-1-6-15)3-4-11(9)14-12/h2-5,8,15H,1,6-7H2. The van der Waals surface area contributed by atoms with Gasteiger partial charge in [0.25, 0.3) is 0 Å². The molecule has 0 atom stereocenters. The highest BCUT2D eigenvalue weighted by Crippen LogP contribution is 2.21. The minimum atomic E-state index is 0.144. The molecule has 0 aliphatic carbocycles. The van der Waals surface area contributed by atoms with E-state index in [1.165, 1.54) is 0 Å². The van der Waals surface area contributed by atoms with Gasteiger partial charge in [-0.2, -0.15) is 0 Å². The maximum atomic E-state index is 8.64. The molecule has 0 radical (unpaired) electrons. The molecule has 0 saturated carbocycles. The molecule has 0 fully saturated rings. The van der Waals surface area contributed by atoms with Gasteiger partial charge in [0, 0.05) is 18.4 Å². The van der Waals surface area contributed by atoms with Gasteiger partial charge in [0.2, 0.25) is 0 Å². The van der Waals surface area contributed by atoms with Crippen LogP contribution in [0.5, 0.6) is 5.75 Å². The molecule has 1 aromatic carbocycles. The Morgan fingerprint density at radius 1 is 1.25 bits per heavy atom. The molecule has 3 nitrogen and oxygen atoms in total. The second-order valence-corrected chi connectivity index (χ2v) is 3.80. The summed E-state index contributed by atoms with van der Waals surface area (Å²) < 4.78 is 5.46. The van der Waals surface area contributed by atoms with Crippen molar-refractivity contribution in [2.45, 2.75) is 6.42 Å². The molecule has 0 bridgehead atoms. The van der Waals surface area contributed by atoms with Gasteiger partial charge in [-0.05, 0) is 30.3 Å². The Hall–Kier alpha value is -1.32. The van der Waals surface area contributed by atoms with Crippen LogP contribution in [-0.2, 0) is 0 Å². The summed E-state index contributed by atoms with van der Waals surface area (Å²) >= 11 is 5.79. The number of benzene rings is 1. The summed E-state index contributed by atoms with van der Waals surface area (Å²) in [6.45, 7) is 0.660. The van der Waals surface area contributed by atoms with Gasteiger partial charge in [-0.1, -0.05) is 11.6 Å². The van der Waals surface area contributed by atoms with Crippen molar-refractivity contribution in [1.82, 2.24) is 4.98 Å². The minimum absolute atomic E-state index is 0.144. The third kappa shape index (κ3) is 2.62. The summed E-state index contributed by atoms with van der Waals surface area (Å²) in [6.07, 6.45) is 0.636. The third-order valence-corrected chi connectivity index (χ3v) is 2.41. The number of halogens is 1. The van der Waals surface area contributed by atoms with Crippen LogP contribution in [0.25, 0.3) is 10.9 Å². The normalized spacial score (nSPS) is 10.6. The number of ether oxygens (including phenoxy) is 1. The molecule has 16 heavy (non-hydrogen) atoms. The highest BCUT2D eigenvalue weighted by Gasteiger charge is 1.99. The van der Waals surface area contributed by atoms with Crippen molar-refractivity contribution in [3.05, 3.63) is 35.5 Å². The second kappa shape index (κ2) is 5.14. The van der Waals surface area contributed by atoms with Crippen molar-refractivity contribution in [3.63, 3.8) is 0 Å². The van der Waals surface area contributed by atoms with E-state index in [4.69, 9.17) is 21.4 Å². The molecule has 0 aliphatic heterocycles. The second-order valence-electron chi connectivity index (χ2n) is 3.41. The van der Waals surface area contributed by atoms with E-state index in [-0.39, 0.29) is 6.61 Å². The lowest BCUT2D eigenvalue weighted by atomic mass is 10.2. The maximum Gasteiger partial charge on any atom is 0.129 e. The van der Waals surface area contributed by atoms with Gasteiger partial charge in [-0.25, -0.2) is 4.98 Å². The fourth-order valence-corrected chi connectivity index (χ4v) is 1.58. The highest BCUT2D eigenvalue weighted by atomic mass is 35.5. The molecule has 0 spiro atoms. The van der Waals surface area contributed by atoms with E-state index in [2.05, 4.69) is 4.98 Å². The van der Waals surface area contributed by atoms with Crippen LogP contribution in [0.15, 0.2) is 30.3 Å². The number of aromatic nitrogens is 1. The SMILES string of the molecule is OCCCOc1ccc2nc(Cl)ccc2c1. The first-order valence-electron chi connectivity index (χ1n) is 5.09. The Morgan fingerprint density at radius 3 is 2.94 bits per heavy atom. The molecule has 1 aromatic heterocycles. The average Bonchev–Trinajstić information content (AvgIpc) is 2.29. The molecule has 1 heterocycles. The van der Waals surface area contributed by atoms with Crippen LogP contribution in [0.2, 0.25) is 5.15 Å².